The molecule has 100 valence electrons. The second kappa shape index (κ2) is 6.10. The molecule has 0 saturated heterocycles. The summed E-state index contributed by atoms with van der Waals surface area (Å²) in [6.07, 6.45) is 5.25. The lowest BCUT2D eigenvalue weighted by molar-refractivity contribution is 0.0669. The maximum Gasteiger partial charge on any atom is 0.0590 e. The van der Waals surface area contributed by atoms with Crippen molar-refractivity contribution in [2.45, 2.75) is 37.8 Å². The highest BCUT2D eigenvalue weighted by molar-refractivity contribution is 5.54. The Kier molecular flexibility index (Phi) is 4.48. The van der Waals surface area contributed by atoms with Gasteiger partial charge in [0.2, 0.25) is 0 Å². The molecule has 0 bridgehead atoms. The SMILES string of the molecule is COC1CCCC(Nc2ccc(N(C)C)cc2)C1. The minimum atomic E-state index is 0.428. The van der Waals surface area contributed by atoms with Crippen molar-refractivity contribution in [3.05, 3.63) is 24.3 Å². The van der Waals surface area contributed by atoms with Gasteiger partial charge in [-0.25, -0.2) is 0 Å². The van der Waals surface area contributed by atoms with Crippen LogP contribution in [0, 0.1) is 0 Å². The fraction of sp³-hybridized carbons (Fsp3) is 0.600. The molecule has 3 nitrogen and oxygen atoms in total. The Morgan fingerprint density at radius 3 is 2.50 bits per heavy atom. The molecule has 0 radical (unpaired) electrons. The lowest BCUT2D eigenvalue weighted by atomic mass is 9.92. The number of ether oxygens (including phenoxy) is 1. The molecular formula is C15H24N2O. The molecule has 1 aliphatic rings. The monoisotopic (exact) mass is 248 g/mol. The summed E-state index contributed by atoms with van der Waals surface area (Å²) in [5.41, 5.74) is 2.45. The Morgan fingerprint density at radius 2 is 1.89 bits per heavy atom. The third kappa shape index (κ3) is 3.39. The van der Waals surface area contributed by atoms with Gasteiger partial charge in [-0.15, -0.1) is 0 Å². The van der Waals surface area contributed by atoms with Crippen LogP contribution in [0.15, 0.2) is 24.3 Å². The number of hydrogen-bond donors (Lipinski definition) is 1. The number of benzene rings is 1. The van der Waals surface area contributed by atoms with Crippen LogP contribution in [0.1, 0.15) is 25.7 Å². The number of methoxy groups -OCH3 is 1. The van der Waals surface area contributed by atoms with Gasteiger partial charge in [-0.1, -0.05) is 0 Å². The van der Waals surface area contributed by atoms with Crippen LogP contribution in [-0.2, 0) is 4.74 Å². The molecule has 18 heavy (non-hydrogen) atoms. The van der Waals surface area contributed by atoms with E-state index in [-0.39, 0.29) is 0 Å². The van der Waals surface area contributed by atoms with Crippen LogP contribution in [0.25, 0.3) is 0 Å². The Morgan fingerprint density at radius 1 is 1.17 bits per heavy atom. The van der Waals surface area contributed by atoms with E-state index in [1.54, 1.807) is 0 Å². The Labute approximate surface area is 110 Å². The fourth-order valence-corrected chi connectivity index (χ4v) is 2.58. The second-order valence-corrected chi connectivity index (χ2v) is 5.31. The summed E-state index contributed by atoms with van der Waals surface area (Å²) in [6.45, 7) is 0. The Hall–Kier alpha value is -1.22. The molecule has 0 spiro atoms. The van der Waals surface area contributed by atoms with E-state index in [1.807, 2.05) is 7.11 Å². The highest BCUT2D eigenvalue weighted by atomic mass is 16.5. The number of anilines is 2. The van der Waals surface area contributed by atoms with Gasteiger partial charge in [-0.05, 0) is 49.9 Å². The van der Waals surface area contributed by atoms with Crippen LogP contribution in [0.2, 0.25) is 0 Å². The largest absolute Gasteiger partial charge is 0.382 e. The predicted molar refractivity (Wildman–Crippen MR) is 77.4 cm³/mol. The molecule has 0 amide bonds. The van der Waals surface area contributed by atoms with Crippen molar-refractivity contribution in [2.75, 3.05) is 31.4 Å². The molecular weight excluding hydrogens is 224 g/mol. The fourth-order valence-electron chi connectivity index (χ4n) is 2.58. The minimum Gasteiger partial charge on any atom is -0.382 e. The molecule has 0 aliphatic heterocycles. The average Bonchev–Trinajstić information content (AvgIpc) is 2.39. The normalized spacial score (nSPS) is 23.7. The predicted octanol–water partition coefficient (Wildman–Crippen LogP) is 3.12. The minimum absolute atomic E-state index is 0.428. The molecule has 1 aromatic rings. The molecule has 1 fully saturated rings. The van der Waals surface area contributed by atoms with Crippen molar-refractivity contribution < 1.29 is 4.74 Å². The molecule has 0 heterocycles. The maximum absolute atomic E-state index is 5.46. The van der Waals surface area contributed by atoms with Crippen molar-refractivity contribution >= 4 is 11.4 Å². The van der Waals surface area contributed by atoms with Gasteiger partial charge in [0.25, 0.3) is 0 Å². The lowest BCUT2D eigenvalue weighted by Gasteiger charge is -2.29. The average molecular weight is 248 g/mol. The van der Waals surface area contributed by atoms with Crippen molar-refractivity contribution in [2.24, 2.45) is 0 Å². The van der Waals surface area contributed by atoms with Crippen LogP contribution in [0.5, 0.6) is 0 Å². The number of nitrogens with one attached hydrogen (secondary N) is 1. The first-order valence-electron chi connectivity index (χ1n) is 6.76. The van der Waals surface area contributed by atoms with E-state index < -0.39 is 0 Å². The van der Waals surface area contributed by atoms with Gasteiger partial charge in [0.1, 0.15) is 0 Å². The molecule has 1 saturated carbocycles. The van der Waals surface area contributed by atoms with E-state index in [0.717, 1.165) is 6.42 Å². The van der Waals surface area contributed by atoms with Crippen LogP contribution in [0.4, 0.5) is 11.4 Å². The van der Waals surface area contributed by atoms with E-state index in [2.05, 4.69) is 48.6 Å². The van der Waals surface area contributed by atoms with E-state index in [4.69, 9.17) is 4.74 Å². The maximum atomic E-state index is 5.46. The summed E-state index contributed by atoms with van der Waals surface area (Å²) in [5, 5.41) is 3.61. The first-order chi connectivity index (χ1) is 8.69. The number of nitrogens with zero attached hydrogens (tertiary/aromatic N) is 1. The molecule has 3 heteroatoms. The molecule has 1 aromatic carbocycles. The zero-order chi connectivity index (χ0) is 13.0. The molecule has 1 N–H and O–H groups in total. The lowest BCUT2D eigenvalue weighted by Crippen LogP contribution is -2.30. The van der Waals surface area contributed by atoms with E-state index in [0.29, 0.717) is 12.1 Å². The summed E-state index contributed by atoms with van der Waals surface area (Å²) in [4.78, 5) is 2.12. The summed E-state index contributed by atoms with van der Waals surface area (Å²) >= 11 is 0. The molecule has 0 aromatic heterocycles. The van der Waals surface area contributed by atoms with Crippen molar-refractivity contribution in [1.82, 2.24) is 0 Å². The van der Waals surface area contributed by atoms with Gasteiger partial charge in [-0.3, -0.25) is 0 Å². The van der Waals surface area contributed by atoms with Gasteiger partial charge >= 0.3 is 0 Å². The van der Waals surface area contributed by atoms with E-state index >= 15 is 0 Å². The smallest absolute Gasteiger partial charge is 0.0590 e. The van der Waals surface area contributed by atoms with Crippen LogP contribution in [0.3, 0.4) is 0 Å². The van der Waals surface area contributed by atoms with Gasteiger partial charge in [0.15, 0.2) is 0 Å². The Bertz CT molecular complexity index is 361. The number of rotatable bonds is 4. The zero-order valence-corrected chi connectivity index (χ0v) is 11.6. The zero-order valence-electron chi connectivity index (χ0n) is 11.6. The summed E-state index contributed by atoms with van der Waals surface area (Å²) in [7, 11) is 5.94. The van der Waals surface area contributed by atoms with Crippen molar-refractivity contribution in [1.29, 1.82) is 0 Å². The molecule has 2 unspecified atom stereocenters. The first kappa shape index (κ1) is 13.2. The van der Waals surface area contributed by atoms with Crippen LogP contribution >= 0.6 is 0 Å². The van der Waals surface area contributed by atoms with Crippen LogP contribution < -0.4 is 10.2 Å². The molecule has 2 rings (SSSR count). The summed E-state index contributed by atoms with van der Waals surface area (Å²) in [5.74, 6) is 0. The van der Waals surface area contributed by atoms with Crippen molar-refractivity contribution in [3.63, 3.8) is 0 Å². The first-order valence-corrected chi connectivity index (χ1v) is 6.76. The molecule has 2 atom stereocenters. The highest BCUT2D eigenvalue weighted by Crippen LogP contribution is 2.24. The van der Waals surface area contributed by atoms with Crippen LogP contribution in [-0.4, -0.2) is 33.4 Å². The highest BCUT2D eigenvalue weighted by Gasteiger charge is 2.21. The van der Waals surface area contributed by atoms with Gasteiger partial charge in [0.05, 0.1) is 6.10 Å². The summed E-state index contributed by atoms with van der Waals surface area (Å²) in [6, 6.07) is 9.17. The van der Waals surface area contributed by atoms with Gasteiger partial charge in [-0.2, -0.15) is 0 Å². The third-order valence-corrected chi connectivity index (χ3v) is 3.71. The third-order valence-electron chi connectivity index (χ3n) is 3.71. The quantitative estimate of drug-likeness (QED) is 0.886. The summed E-state index contributed by atoms with van der Waals surface area (Å²) < 4.78 is 5.46. The second-order valence-electron chi connectivity index (χ2n) is 5.31. The van der Waals surface area contributed by atoms with Crippen molar-refractivity contribution in [3.8, 4) is 0 Å². The van der Waals surface area contributed by atoms with E-state index in [9.17, 15) is 0 Å². The standard InChI is InChI=1S/C15H24N2O/c1-17(2)14-9-7-12(8-10-14)16-13-5-4-6-15(11-13)18-3/h7-10,13,15-16H,4-6,11H2,1-3H3. The van der Waals surface area contributed by atoms with Gasteiger partial charge < -0.3 is 15.0 Å². The topological polar surface area (TPSA) is 24.5 Å². The Balaban J connectivity index is 1.92. The molecule has 1 aliphatic carbocycles. The number of hydrogen-bond acceptors (Lipinski definition) is 3. The van der Waals surface area contributed by atoms with E-state index in [1.165, 1.54) is 30.6 Å². The van der Waals surface area contributed by atoms with Gasteiger partial charge in [0, 0.05) is 38.6 Å².